The molecule has 148 valence electrons. The van der Waals surface area contributed by atoms with Crippen molar-refractivity contribution in [2.24, 2.45) is 5.92 Å². The van der Waals surface area contributed by atoms with E-state index in [9.17, 15) is 0 Å². The lowest BCUT2D eigenvalue weighted by molar-refractivity contribution is 0.235. The van der Waals surface area contributed by atoms with Gasteiger partial charge < -0.3 is 10.1 Å². The van der Waals surface area contributed by atoms with Crippen LogP contribution >= 0.6 is 11.8 Å². The molecule has 1 N–H and O–H groups in total. The maximum Gasteiger partial charge on any atom is 0.119 e. The second-order valence-corrected chi connectivity index (χ2v) is 7.07. The second kappa shape index (κ2) is 21.4. The first-order valence-electron chi connectivity index (χ1n) is 10.2. The summed E-state index contributed by atoms with van der Waals surface area (Å²) in [5, 5.41) is 2.75. The van der Waals surface area contributed by atoms with Crippen molar-refractivity contribution >= 4 is 11.8 Å². The van der Waals surface area contributed by atoms with E-state index in [0.29, 0.717) is 5.92 Å². The van der Waals surface area contributed by atoms with Gasteiger partial charge in [0.05, 0.1) is 6.61 Å². The van der Waals surface area contributed by atoms with Gasteiger partial charge in [-0.15, -0.1) is 11.8 Å². The number of nitrogens with one attached hydrogen (secondary N) is 1. The Morgan fingerprint density at radius 1 is 0.960 bits per heavy atom. The zero-order valence-electron chi connectivity index (χ0n) is 17.9. The number of hydrogen-bond donors (Lipinski definition) is 1. The molecule has 0 fully saturated rings. The van der Waals surface area contributed by atoms with Crippen molar-refractivity contribution < 1.29 is 4.74 Å². The maximum absolute atomic E-state index is 5.90. The highest BCUT2D eigenvalue weighted by atomic mass is 32.2. The van der Waals surface area contributed by atoms with E-state index in [0.717, 1.165) is 12.4 Å². The number of rotatable bonds is 11. The minimum Gasteiger partial charge on any atom is -0.493 e. The summed E-state index contributed by atoms with van der Waals surface area (Å²) in [4.78, 5) is 1.36. The molecule has 2 nitrogen and oxygen atoms in total. The fraction of sp³-hybridized carbons (Fsp3) is 0.727. The fourth-order valence-corrected chi connectivity index (χ4v) is 3.11. The lowest BCUT2D eigenvalue weighted by atomic mass is 10.0. The molecule has 1 atom stereocenters. The highest BCUT2D eigenvalue weighted by Gasteiger charge is 2.06. The topological polar surface area (TPSA) is 21.3 Å². The summed E-state index contributed by atoms with van der Waals surface area (Å²) < 4.78 is 5.90. The van der Waals surface area contributed by atoms with E-state index in [1.807, 2.05) is 39.7 Å². The van der Waals surface area contributed by atoms with Gasteiger partial charge in [-0.05, 0) is 62.9 Å². The summed E-state index contributed by atoms with van der Waals surface area (Å²) >= 11 is 1.95. The van der Waals surface area contributed by atoms with Crippen molar-refractivity contribution in [2.75, 3.05) is 26.5 Å². The van der Waals surface area contributed by atoms with Crippen molar-refractivity contribution in [3.63, 3.8) is 0 Å². The van der Waals surface area contributed by atoms with Gasteiger partial charge in [0.2, 0.25) is 0 Å². The van der Waals surface area contributed by atoms with Crippen LogP contribution in [0.15, 0.2) is 29.2 Å². The molecule has 0 aliphatic carbocycles. The second-order valence-electron chi connectivity index (χ2n) is 5.90. The summed E-state index contributed by atoms with van der Waals surface area (Å²) in [7, 11) is 3.75. The molecule has 0 heterocycles. The Balaban J connectivity index is 0. The SMILES string of the molecule is CC.CCCCCSc1ccc(OCC(CC)CCC)cc1.CNC. The van der Waals surface area contributed by atoms with Gasteiger partial charge in [0.1, 0.15) is 5.75 Å². The van der Waals surface area contributed by atoms with Crippen molar-refractivity contribution in [1.29, 1.82) is 0 Å². The highest BCUT2D eigenvalue weighted by molar-refractivity contribution is 7.99. The van der Waals surface area contributed by atoms with Gasteiger partial charge in [-0.25, -0.2) is 0 Å². The molecule has 0 saturated carbocycles. The summed E-state index contributed by atoms with van der Waals surface area (Å²) in [6.45, 7) is 11.6. The average Bonchev–Trinajstić information content (AvgIpc) is 2.65. The third-order valence-corrected chi connectivity index (χ3v) is 4.70. The molecule has 3 heteroatoms. The van der Waals surface area contributed by atoms with Crippen LogP contribution in [-0.2, 0) is 0 Å². The zero-order chi connectivity index (χ0) is 19.3. The highest BCUT2D eigenvalue weighted by Crippen LogP contribution is 2.23. The minimum atomic E-state index is 0.697. The van der Waals surface area contributed by atoms with Crippen molar-refractivity contribution in [3.8, 4) is 5.75 Å². The van der Waals surface area contributed by atoms with Gasteiger partial charge in [0.25, 0.3) is 0 Å². The molecule has 0 saturated heterocycles. The molecule has 1 unspecified atom stereocenters. The van der Waals surface area contributed by atoms with Crippen molar-refractivity contribution in [2.45, 2.75) is 78.0 Å². The lowest BCUT2D eigenvalue weighted by Crippen LogP contribution is -2.10. The zero-order valence-corrected chi connectivity index (χ0v) is 18.7. The summed E-state index contributed by atoms with van der Waals surface area (Å²) in [6, 6.07) is 8.60. The van der Waals surface area contributed by atoms with E-state index in [4.69, 9.17) is 4.74 Å². The first-order valence-corrected chi connectivity index (χ1v) is 11.1. The Bertz CT molecular complexity index is 354. The Morgan fingerprint density at radius 2 is 1.56 bits per heavy atom. The summed E-state index contributed by atoms with van der Waals surface area (Å²) in [5.41, 5.74) is 0. The number of ether oxygens (including phenoxy) is 1. The van der Waals surface area contributed by atoms with E-state index in [1.54, 1.807) is 0 Å². The molecule has 0 radical (unpaired) electrons. The van der Waals surface area contributed by atoms with Crippen LogP contribution in [0.5, 0.6) is 5.75 Å². The first-order chi connectivity index (χ1) is 12.2. The predicted octanol–water partition coefficient (Wildman–Crippen LogP) is 7.04. The number of thioether (sulfide) groups is 1. The molecule has 1 rings (SSSR count). The maximum atomic E-state index is 5.90. The predicted molar refractivity (Wildman–Crippen MR) is 117 cm³/mol. The van der Waals surface area contributed by atoms with E-state index in [1.165, 1.54) is 49.2 Å². The molecule has 25 heavy (non-hydrogen) atoms. The number of hydrogen-bond acceptors (Lipinski definition) is 3. The van der Waals surface area contributed by atoms with Gasteiger partial charge >= 0.3 is 0 Å². The first kappa shape index (κ1) is 26.6. The Kier molecular flexibility index (Phi) is 22.7. The van der Waals surface area contributed by atoms with Crippen molar-refractivity contribution in [3.05, 3.63) is 24.3 Å². The Hall–Kier alpha value is -0.670. The van der Waals surface area contributed by atoms with Crippen LogP contribution in [0.2, 0.25) is 0 Å². The van der Waals surface area contributed by atoms with Crippen LogP contribution < -0.4 is 10.1 Å². The molecule has 0 bridgehead atoms. The largest absolute Gasteiger partial charge is 0.493 e. The third-order valence-electron chi connectivity index (χ3n) is 3.60. The van der Waals surface area contributed by atoms with Gasteiger partial charge in [-0.3, -0.25) is 0 Å². The molecule has 0 aromatic heterocycles. The van der Waals surface area contributed by atoms with Gasteiger partial charge in [0, 0.05) is 4.90 Å². The summed E-state index contributed by atoms with van der Waals surface area (Å²) in [6.07, 6.45) is 7.67. The Labute approximate surface area is 162 Å². The normalized spacial score (nSPS) is 10.8. The molecule has 1 aromatic carbocycles. The number of benzene rings is 1. The molecule has 0 amide bonds. The van der Waals surface area contributed by atoms with Crippen LogP contribution in [0.1, 0.15) is 73.1 Å². The molecular weight excluding hydrogens is 326 g/mol. The molecular formula is C22H43NOS. The van der Waals surface area contributed by atoms with E-state index < -0.39 is 0 Å². The standard InChI is InChI=1S/C18H30OS.C2H7N.C2H6/c1-4-7-8-14-20-18-12-10-17(11-13-18)19-15-16(6-3)9-5-2;1-3-2;1-2/h10-13,16H,4-9,14-15H2,1-3H3;3H,1-2H3;1-2H3. The molecule has 1 aromatic rings. The quantitative estimate of drug-likeness (QED) is 0.334. The van der Waals surface area contributed by atoms with Crippen LogP contribution in [0.4, 0.5) is 0 Å². The van der Waals surface area contributed by atoms with Crippen LogP contribution in [0, 0.1) is 5.92 Å². The molecule has 0 spiro atoms. The van der Waals surface area contributed by atoms with Crippen LogP contribution in [0.3, 0.4) is 0 Å². The number of unbranched alkanes of at least 4 members (excludes halogenated alkanes) is 2. The third kappa shape index (κ3) is 16.5. The monoisotopic (exact) mass is 369 g/mol. The average molecular weight is 370 g/mol. The van der Waals surface area contributed by atoms with Crippen LogP contribution in [-0.4, -0.2) is 26.5 Å². The van der Waals surface area contributed by atoms with Crippen LogP contribution in [0.25, 0.3) is 0 Å². The van der Waals surface area contributed by atoms with Crippen molar-refractivity contribution in [1.82, 2.24) is 5.32 Å². The van der Waals surface area contributed by atoms with E-state index in [-0.39, 0.29) is 0 Å². The van der Waals surface area contributed by atoms with Gasteiger partial charge in [-0.1, -0.05) is 60.3 Å². The van der Waals surface area contributed by atoms with Gasteiger partial charge in [-0.2, -0.15) is 0 Å². The molecule has 0 aliphatic heterocycles. The van der Waals surface area contributed by atoms with Gasteiger partial charge in [0.15, 0.2) is 0 Å². The fourth-order valence-electron chi connectivity index (χ4n) is 2.20. The van der Waals surface area contributed by atoms with E-state index >= 15 is 0 Å². The Morgan fingerprint density at radius 3 is 2.04 bits per heavy atom. The van der Waals surface area contributed by atoms with E-state index in [2.05, 4.69) is 50.4 Å². The minimum absolute atomic E-state index is 0.697. The lowest BCUT2D eigenvalue weighted by Gasteiger charge is -2.15. The summed E-state index contributed by atoms with van der Waals surface area (Å²) in [5.74, 6) is 2.93. The smallest absolute Gasteiger partial charge is 0.119 e. The molecule has 0 aliphatic rings.